The van der Waals surface area contributed by atoms with Gasteiger partial charge in [0.1, 0.15) is 0 Å². The van der Waals surface area contributed by atoms with Crippen molar-refractivity contribution in [1.29, 1.82) is 0 Å². The number of hydrogen-bond donors (Lipinski definition) is 3. The van der Waals surface area contributed by atoms with Gasteiger partial charge in [0.25, 0.3) is 0 Å². The molecule has 21 heavy (non-hydrogen) atoms. The monoisotopic (exact) mass is 295 g/mol. The Kier molecular flexibility index (Phi) is 3.75. The van der Waals surface area contributed by atoms with Crippen molar-refractivity contribution < 1.29 is 18.0 Å². The Bertz CT molecular complexity index is 666. The summed E-state index contributed by atoms with van der Waals surface area (Å²) >= 11 is 0. The summed E-state index contributed by atoms with van der Waals surface area (Å²) in [5.41, 5.74) is 11.6. The predicted octanol–water partition coefficient (Wildman–Crippen LogP) is 3.13. The number of carbonyl (C=O) groups is 1. The fourth-order valence-corrected chi connectivity index (χ4v) is 1.72. The number of amides is 1. The van der Waals surface area contributed by atoms with Gasteiger partial charge in [-0.05, 0) is 42.5 Å². The van der Waals surface area contributed by atoms with E-state index in [-0.39, 0.29) is 5.56 Å². The third-order valence-corrected chi connectivity index (χ3v) is 2.83. The quantitative estimate of drug-likeness (QED) is 0.761. The maximum Gasteiger partial charge on any atom is 0.416 e. The number of nitrogens with two attached hydrogens (primary N) is 2. The van der Waals surface area contributed by atoms with Gasteiger partial charge in [0.05, 0.1) is 16.9 Å². The topological polar surface area (TPSA) is 81.1 Å². The van der Waals surface area contributed by atoms with Crippen LogP contribution >= 0.6 is 0 Å². The Hall–Kier alpha value is -2.70. The van der Waals surface area contributed by atoms with Gasteiger partial charge in [0.15, 0.2) is 0 Å². The molecule has 0 aromatic heterocycles. The van der Waals surface area contributed by atoms with Crippen molar-refractivity contribution >= 4 is 23.0 Å². The fourth-order valence-electron chi connectivity index (χ4n) is 1.72. The highest BCUT2D eigenvalue weighted by Gasteiger charge is 2.29. The molecule has 0 atom stereocenters. The van der Waals surface area contributed by atoms with Crippen molar-refractivity contribution in [2.75, 3.05) is 11.1 Å². The van der Waals surface area contributed by atoms with E-state index in [1.165, 1.54) is 30.3 Å². The molecule has 2 aromatic rings. The van der Waals surface area contributed by atoms with E-state index < -0.39 is 17.6 Å². The third kappa shape index (κ3) is 3.44. The van der Waals surface area contributed by atoms with Crippen LogP contribution in [0, 0.1) is 0 Å². The van der Waals surface area contributed by atoms with Crippen LogP contribution < -0.4 is 16.8 Å². The molecule has 0 radical (unpaired) electrons. The summed E-state index contributed by atoms with van der Waals surface area (Å²) in [7, 11) is 0. The third-order valence-electron chi connectivity index (χ3n) is 2.83. The summed E-state index contributed by atoms with van der Waals surface area (Å²) in [6.45, 7) is 0. The SMILES string of the molecule is NC(=O)c1ccc(N)c(Nc2ccc(C(F)(F)F)cc2)c1. The minimum absolute atomic E-state index is 0.249. The smallest absolute Gasteiger partial charge is 0.397 e. The van der Waals surface area contributed by atoms with Crippen LogP contribution in [0.5, 0.6) is 0 Å². The highest BCUT2D eigenvalue weighted by atomic mass is 19.4. The molecule has 0 aliphatic heterocycles. The van der Waals surface area contributed by atoms with Crippen LogP contribution in [0.4, 0.5) is 30.2 Å². The van der Waals surface area contributed by atoms with Gasteiger partial charge in [-0.25, -0.2) is 0 Å². The zero-order valence-corrected chi connectivity index (χ0v) is 10.7. The van der Waals surface area contributed by atoms with Crippen molar-refractivity contribution in [3.05, 3.63) is 53.6 Å². The number of primary amides is 1. The number of alkyl halides is 3. The number of rotatable bonds is 3. The van der Waals surface area contributed by atoms with Crippen molar-refractivity contribution in [3.8, 4) is 0 Å². The van der Waals surface area contributed by atoms with E-state index in [1.807, 2.05) is 0 Å². The maximum absolute atomic E-state index is 12.5. The molecule has 0 saturated heterocycles. The van der Waals surface area contributed by atoms with Crippen LogP contribution in [0.3, 0.4) is 0 Å². The van der Waals surface area contributed by atoms with Crippen LogP contribution in [-0.4, -0.2) is 5.91 Å². The van der Waals surface area contributed by atoms with Crippen LogP contribution in [-0.2, 0) is 6.18 Å². The molecular formula is C14H12F3N3O. The minimum Gasteiger partial charge on any atom is -0.397 e. The van der Waals surface area contributed by atoms with E-state index in [0.717, 1.165) is 12.1 Å². The van der Waals surface area contributed by atoms with Crippen molar-refractivity contribution in [2.24, 2.45) is 5.73 Å². The normalized spacial score (nSPS) is 11.2. The lowest BCUT2D eigenvalue weighted by Gasteiger charge is -2.12. The van der Waals surface area contributed by atoms with Crippen molar-refractivity contribution in [1.82, 2.24) is 0 Å². The molecular weight excluding hydrogens is 283 g/mol. The second kappa shape index (κ2) is 5.35. The molecule has 110 valence electrons. The lowest BCUT2D eigenvalue weighted by atomic mass is 10.1. The number of benzene rings is 2. The zero-order chi connectivity index (χ0) is 15.6. The highest BCUT2D eigenvalue weighted by molar-refractivity contribution is 5.95. The summed E-state index contributed by atoms with van der Waals surface area (Å²) in [5.74, 6) is -0.620. The Morgan fingerprint density at radius 1 is 1.05 bits per heavy atom. The molecule has 1 amide bonds. The summed E-state index contributed by atoms with van der Waals surface area (Å²) in [6, 6.07) is 8.86. The Morgan fingerprint density at radius 3 is 2.19 bits per heavy atom. The highest BCUT2D eigenvalue weighted by Crippen LogP contribution is 2.31. The summed E-state index contributed by atoms with van der Waals surface area (Å²) in [5, 5.41) is 2.85. The summed E-state index contributed by atoms with van der Waals surface area (Å²) in [4.78, 5) is 11.1. The number of nitrogen functional groups attached to an aromatic ring is 1. The first-order valence-electron chi connectivity index (χ1n) is 5.91. The van der Waals surface area contributed by atoms with Crippen LogP contribution in [0.2, 0.25) is 0 Å². The average Bonchev–Trinajstić information content (AvgIpc) is 2.40. The lowest BCUT2D eigenvalue weighted by Crippen LogP contribution is -2.11. The predicted molar refractivity (Wildman–Crippen MR) is 74.1 cm³/mol. The molecule has 4 nitrogen and oxygen atoms in total. The molecule has 0 aliphatic rings. The summed E-state index contributed by atoms with van der Waals surface area (Å²) < 4.78 is 37.4. The van der Waals surface area contributed by atoms with Gasteiger partial charge >= 0.3 is 6.18 Å². The largest absolute Gasteiger partial charge is 0.416 e. The van der Waals surface area contributed by atoms with Gasteiger partial charge in [0.2, 0.25) is 5.91 Å². The van der Waals surface area contributed by atoms with E-state index in [2.05, 4.69) is 5.32 Å². The molecule has 2 aromatic carbocycles. The fraction of sp³-hybridized carbons (Fsp3) is 0.0714. The molecule has 5 N–H and O–H groups in total. The molecule has 0 heterocycles. The molecule has 0 saturated carbocycles. The van der Waals surface area contributed by atoms with Gasteiger partial charge in [0, 0.05) is 11.3 Å². The first kappa shape index (κ1) is 14.7. The van der Waals surface area contributed by atoms with Crippen molar-refractivity contribution in [3.63, 3.8) is 0 Å². The van der Waals surface area contributed by atoms with Gasteiger partial charge in [-0.1, -0.05) is 0 Å². The zero-order valence-electron chi connectivity index (χ0n) is 10.7. The molecule has 0 aliphatic carbocycles. The number of carbonyl (C=O) groups excluding carboxylic acids is 1. The molecule has 2 rings (SSSR count). The standard InChI is InChI=1S/C14H12F3N3O/c15-14(16,17)9-2-4-10(5-3-9)20-12-7-8(13(19)21)1-6-11(12)18/h1-7,20H,18H2,(H2,19,21). The molecule has 0 fully saturated rings. The van der Waals surface area contributed by atoms with Gasteiger partial charge in [-0.15, -0.1) is 0 Å². The number of nitrogens with one attached hydrogen (secondary N) is 1. The van der Waals surface area contributed by atoms with Crippen molar-refractivity contribution in [2.45, 2.75) is 6.18 Å². The minimum atomic E-state index is -4.39. The van der Waals surface area contributed by atoms with E-state index in [1.54, 1.807) is 0 Å². The van der Waals surface area contributed by atoms with Crippen LogP contribution in [0.1, 0.15) is 15.9 Å². The van der Waals surface area contributed by atoms with Gasteiger partial charge in [-0.3, -0.25) is 4.79 Å². The first-order chi connectivity index (χ1) is 9.77. The van der Waals surface area contributed by atoms with E-state index in [0.29, 0.717) is 17.1 Å². The van der Waals surface area contributed by atoms with Crippen LogP contribution in [0.15, 0.2) is 42.5 Å². The average molecular weight is 295 g/mol. The van der Waals surface area contributed by atoms with Gasteiger partial charge in [-0.2, -0.15) is 13.2 Å². The Labute approximate surface area is 118 Å². The first-order valence-corrected chi connectivity index (χ1v) is 5.91. The van der Waals surface area contributed by atoms with Gasteiger partial charge < -0.3 is 16.8 Å². The van der Waals surface area contributed by atoms with E-state index in [4.69, 9.17) is 11.5 Å². The second-order valence-electron chi connectivity index (χ2n) is 4.37. The molecule has 0 bridgehead atoms. The molecule has 0 spiro atoms. The van der Waals surface area contributed by atoms with E-state index in [9.17, 15) is 18.0 Å². The second-order valence-corrected chi connectivity index (χ2v) is 4.37. The lowest BCUT2D eigenvalue weighted by molar-refractivity contribution is -0.137. The van der Waals surface area contributed by atoms with E-state index >= 15 is 0 Å². The Morgan fingerprint density at radius 2 is 1.67 bits per heavy atom. The molecule has 0 unspecified atom stereocenters. The Balaban J connectivity index is 2.26. The number of hydrogen-bond acceptors (Lipinski definition) is 3. The number of anilines is 3. The molecule has 7 heteroatoms. The maximum atomic E-state index is 12.5. The van der Waals surface area contributed by atoms with Crippen LogP contribution in [0.25, 0.3) is 0 Å². The number of halogens is 3. The summed E-state index contributed by atoms with van der Waals surface area (Å²) in [6.07, 6.45) is -4.39.